The smallest absolute Gasteiger partial charge is 0.229 e. The number of fused-ring (bicyclic) bond motifs is 2. The first-order chi connectivity index (χ1) is 10.0. The second kappa shape index (κ2) is 5.88. The van der Waals surface area contributed by atoms with Crippen LogP contribution in [-0.2, 0) is 9.59 Å². The Bertz CT molecular complexity index is 482. The van der Waals surface area contributed by atoms with Gasteiger partial charge < -0.3 is 9.80 Å². The summed E-state index contributed by atoms with van der Waals surface area (Å²) >= 11 is 3.77. The zero-order valence-corrected chi connectivity index (χ0v) is 14.2. The molecule has 0 bridgehead atoms. The van der Waals surface area contributed by atoms with E-state index in [2.05, 4.69) is 6.58 Å². The van der Waals surface area contributed by atoms with Gasteiger partial charge in [0, 0.05) is 18.8 Å². The van der Waals surface area contributed by atoms with Crippen LogP contribution >= 0.6 is 23.5 Å². The van der Waals surface area contributed by atoms with Crippen molar-refractivity contribution < 1.29 is 9.59 Å². The maximum atomic E-state index is 11.2. The Balaban J connectivity index is 0.000000126. The van der Waals surface area contributed by atoms with Gasteiger partial charge in [-0.1, -0.05) is 20.4 Å². The van der Waals surface area contributed by atoms with Crippen molar-refractivity contribution in [2.24, 2.45) is 11.8 Å². The molecule has 4 aliphatic rings. The van der Waals surface area contributed by atoms with E-state index >= 15 is 0 Å². The Kier molecular flexibility index (Phi) is 4.28. The molecule has 0 unspecified atom stereocenters. The summed E-state index contributed by atoms with van der Waals surface area (Å²) in [5, 5.41) is 0.981. The Hall–Kier alpha value is -0.620. The third kappa shape index (κ3) is 2.61. The van der Waals surface area contributed by atoms with Crippen LogP contribution < -0.4 is 0 Å². The fourth-order valence-corrected chi connectivity index (χ4v) is 5.79. The van der Waals surface area contributed by atoms with Crippen LogP contribution in [0.1, 0.15) is 20.3 Å². The van der Waals surface area contributed by atoms with Gasteiger partial charge in [0.15, 0.2) is 0 Å². The standard InChI is InChI=1S/C8H11NOS.C7H11NOS/c1-5-3-9-7(10)6(2)8(9)11-4-5;1-5-6(9)8-3-2-4-10-7(5)8/h6,8H,1,3-4H2,2H3;5,7H,2-4H2,1H3/t6-,8-;5-,7-/m11/s1. The minimum Gasteiger partial charge on any atom is -0.330 e. The van der Waals surface area contributed by atoms with Crippen molar-refractivity contribution in [3.8, 4) is 0 Å². The van der Waals surface area contributed by atoms with Gasteiger partial charge in [-0.2, -0.15) is 0 Å². The highest BCUT2D eigenvalue weighted by Crippen LogP contribution is 2.39. The minimum absolute atomic E-state index is 0.244. The largest absolute Gasteiger partial charge is 0.330 e. The summed E-state index contributed by atoms with van der Waals surface area (Å²) in [6.07, 6.45) is 1.18. The van der Waals surface area contributed by atoms with Gasteiger partial charge in [0.1, 0.15) is 0 Å². The Morgan fingerprint density at radius 2 is 1.67 bits per heavy atom. The van der Waals surface area contributed by atoms with Crippen LogP contribution in [0.2, 0.25) is 0 Å². The van der Waals surface area contributed by atoms with Crippen molar-refractivity contribution in [3.63, 3.8) is 0 Å². The monoisotopic (exact) mass is 326 g/mol. The molecule has 0 aliphatic carbocycles. The molecule has 0 aromatic heterocycles. The molecule has 4 nitrogen and oxygen atoms in total. The van der Waals surface area contributed by atoms with Gasteiger partial charge in [-0.15, -0.1) is 23.5 Å². The van der Waals surface area contributed by atoms with E-state index in [4.69, 9.17) is 0 Å². The molecule has 4 saturated heterocycles. The number of carbonyl (C=O) groups excluding carboxylic acids is 2. The summed E-state index contributed by atoms with van der Waals surface area (Å²) in [5.74, 6) is 3.45. The Morgan fingerprint density at radius 1 is 1.05 bits per heavy atom. The van der Waals surface area contributed by atoms with Crippen molar-refractivity contribution in [1.29, 1.82) is 0 Å². The second-order valence-corrected chi connectivity index (χ2v) is 8.47. The highest BCUT2D eigenvalue weighted by Gasteiger charge is 2.46. The zero-order chi connectivity index (χ0) is 15.1. The number of hydrogen-bond donors (Lipinski definition) is 0. The van der Waals surface area contributed by atoms with E-state index in [0.717, 1.165) is 18.8 Å². The molecule has 0 spiro atoms. The topological polar surface area (TPSA) is 40.6 Å². The molecule has 4 atom stereocenters. The van der Waals surface area contributed by atoms with Gasteiger partial charge in [0.25, 0.3) is 0 Å². The summed E-state index contributed by atoms with van der Waals surface area (Å²) < 4.78 is 0. The lowest BCUT2D eigenvalue weighted by atomic mass is 10.00. The van der Waals surface area contributed by atoms with Crippen LogP contribution in [0, 0.1) is 11.8 Å². The first-order valence-electron chi connectivity index (χ1n) is 7.51. The number of nitrogens with zero attached hydrogens (tertiary/aromatic N) is 2. The first kappa shape index (κ1) is 15.3. The molecule has 4 heterocycles. The predicted molar refractivity (Wildman–Crippen MR) is 88.0 cm³/mol. The molecule has 0 saturated carbocycles. The van der Waals surface area contributed by atoms with E-state index < -0.39 is 0 Å². The number of amides is 2. The van der Waals surface area contributed by atoms with Gasteiger partial charge in [0.05, 0.1) is 22.6 Å². The molecule has 0 N–H and O–H groups in total. The molecule has 116 valence electrons. The highest BCUT2D eigenvalue weighted by atomic mass is 32.2. The predicted octanol–water partition coefficient (Wildman–Crippen LogP) is 2.02. The average molecular weight is 326 g/mol. The summed E-state index contributed by atoms with van der Waals surface area (Å²) in [6.45, 7) is 9.71. The van der Waals surface area contributed by atoms with Crippen molar-refractivity contribution in [3.05, 3.63) is 12.2 Å². The zero-order valence-electron chi connectivity index (χ0n) is 12.6. The normalized spacial score (nSPS) is 37.7. The van der Waals surface area contributed by atoms with E-state index in [-0.39, 0.29) is 5.92 Å². The lowest BCUT2D eigenvalue weighted by molar-refractivity contribution is -0.149. The van der Waals surface area contributed by atoms with Gasteiger partial charge in [-0.25, -0.2) is 0 Å². The number of thioether (sulfide) groups is 2. The van der Waals surface area contributed by atoms with E-state index in [1.54, 1.807) is 0 Å². The van der Waals surface area contributed by atoms with Crippen LogP contribution in [-0.4, -0.2) is 57.0 Å². The molecule has 21 heavy (non-hydrogen) atoms. The lowest BCUT2D eigenvalue weighted by Gasteiger charge is -2.48. The van der Waals surface area contributed by atoms with E-state index in [0.29, 0.717) is 28.5 Å². The SMILES string of the molecule is C=C1CS[C@@H]2[C@H](C)C(=O)N2C1.C[C@@H]1C(=O)N2CCCS[C@H]12. The number of hydrogen-bond acceptors (Lipinski definition) is 4. The molecule has 4 aliphatic heterocycles. The van der Waals surface area contributed by atoms with Crippen LogP contribution in [0.15, 0.2) is 12.2 Å². The van der Waals surface area contributed by atoms with Crippen molar-refractivity contribution >= 4 is 35.3 Å². The van der Waals surface area contributed by atoms with Crippen LogP contribution in [0.5, 0.6) is 0 Å². The summed E-state index contributed by atoms with van der Waals surface area (Å²) in [7, 11) is 0. The van der Waals surface area contributed by atoms with Gasteiger partial charge in [-0.05, 0) is 17.7 Å². The lowest BCUT2D eigenvalue weighted by Crippen LogP contribution is -2.60. The Labute approximate surface area is 134 Å². The number of carbonyl (C=O) groups is 2. The van der Waals surface area contributed by atoms with Crippen molar-refractivity contribution in [1.82, 2.24) is 9.80 Å². The summed E-state index contributed by atoms with van der Waals surface area (Å²) in [4.78, 5) is 26.2. The van der Waals surface area contributed by atoms with Crippen LogP contribution in [0.4, 0.5) is 0 Å². The molecule has 6 heteroatoms. The second-order valence-electron chi connectivity index (χ2n) is 6.14. The maximum absolute atomic E-state index is 11.2. The number of β-lactam (4-membered cyclic amide) rings is 2. The van der Waals surface area contributed by atoms with Crippen LogP contribution in [0.25, 0.3) is 0 Å². The van der Waals surface area contributed by atoms with Gasteiger partial charge >= 0.3 is 0 Å². The quantitative estimate of drug-likeness (QED) is 0.504. The van der Waals surface area contributed by atoms with Gasteiger partial charge in [0.2, 0.25) is 11.8 Å². The molecule has 0 radical (unpaired) electrons. The molecular weight excluding hydrogens is 304 g/mol. The molecule has 2 amide bonds. The number of rotatable bonds is 0. The Morgan fingerprint density at radius 3 is 2.33 bits per heavy atom. The van der Waals surface area contributed by atoms with Crippen LogP contribution in [0.3, 0.4) is 0 Å². The van der Waals surface area contributed by atoms with E-state index in [1.807, 2.05) is 47.2 Å². The summed E-state index contributed by atoms with van der Waals surface area (Å²) in [5.41, 5.74) is 1.17. The van der Waals surface area contributed by atoms with Crippen molar-refractivity contribution in [2.45, 2.75) is 31.0 Å². The van der Waals surface area contributed by atoms with Crippen molar-refractivity contribution in [2.75, 3.05) is 24.6 Å². The third-order valence-electron chi connectivity index (χ3n) is 4.50. The van der Waals surface area contributed by atoms with E-state index in [9.17, 15) is 9.59 Å². The molecule has 0 aromatic rings. The molecule has 4 fully saturated rings. The maximum Gasteiger partial charge on any atom is 0.229 e. The van der Waals surface area contributed by atoms with Gasteiger partial charge in [-0.3, -0.25) is 9.59 Å². The summed E-state index contributed by atoms with van der Waals surface area (Å²) in [6, 6.07) is 0. The average Bonchev–Trinajstić information content (AvgIpc) is 2.53. The minimum atomic E-state index is 0.244. The third-order valence-corrected chi connectivity index (χ3v) is 7.61. The highest BCUT2D eigenvalue weighted by molar-refractivity contribution is 8.00. The fourth-order valence-electron chi connectivity index (χ4n) is 3.20. The molecular formula is C15H22N2O2S2. The molecule has 4 rings (SSSR count). The first-order valence-corrected chi connectivity index (χ1v) is 9.61. The van der Waals surface area contributed by atoms with E-state index in [1.165, 1.54) is 17.7 Å². The fraction of sp³-hybridized carbons (Fsp3) is 0.733. The molecule has 0 aromatic carbocycles.